The average molecular weight is 219 g/mol. The predicted molar refractivity (Wildman–Crippen MR) is 60.7 cm³/mol. The molecule has 0 unspecified atom stereocenters. The van der Waals surface area contributed by atoms with E-state index in [-0.39, 0.29) is 6.61 Å². The van der Waals surface area contributed by atoms with E-state index in [4.69, 9.17) is 10.2 Å². The van der Waals surface area contributed by atoms with E-state index in [1.165, 1.54) is 0 Å². The normalized spacial score (nSPS) is 10.9. The quantitative estimate of drug-likeness (QED) is 0.824. The molecule has 0 aliphatic rings. The number of benzene rings is 1. The lowest BCUT2D eigenvalue weighted by Crippen LogP contribution is -2.03. The van der Waals surface area contributed by atoms with Crippen LogP contribution in [-0.4, -0.2) is 27.4 Å². The Hall–Kier alpha value is -1.81. The van der Waals surface area contributed by atoms with Crippen molar-refractivity contribution in [1.82, 2.24) is 4.57 Å². The zero-order valence-electron chi connectivity index (χ0n) is 8.97. The number of aliphatic hydroxyl groups is 1. The van der Waals surface area contributed by atoms with E-state index >= 15 is 0 Å². The number of fused-ring (bicyclic) bond motifs is 1. The number of nitrogens with zero attached hydrogens (tertiary/aromatic N) is 1. The van der Waals surface area contributed by atoms with E-state index < -0.39 is 5.97 Å². The summed E-state index contributed by atoms with van der Waals surface area (Å²) < 4.78 is 1.85. The highest BCUT2D eigenvalue weighted by Gasteiger charge is 2.10. The third-order valence-electron chi connectivity index (χ3n) is 2.69. The van der Waals surface area contributed by atoms with E-state index in [9.17, 15) is 4.79 Å². The van der Waals surface area contributed by atoms with E-state index in [0.717, 1.165) is 16.5 Å². The van der Waals surface area contributed by atoms with E-state index in [2.05, 4.69) is 0 Å². The SMILES string of the molecule is Cc1cc2ccn(CCO)c2cc1C(=O)O. The van der Waals surface area contributed by atoms with Crippen molar-refractivity contribution in [3.05, 3.63) is 35.5 Å². The molecular formula is C12H13NO3. The van der Waals surface area contributed by atoms with Crippen molar-refractivity contribution in [3.63, 3.8) is 0 Å². The first-order valence-electron chi connectivity index (χ1n) is 5.07. The van der Waals surface area contributed by atoms with Gasteiger partial charge < -0.3 is 14.8 Å². The molecule has 0 radical (unpaired) electrons. The summed E-state index contributed by atoms with van der Waals surface area (Å²) in [6, 6.07) is 5.43. The Morgan fingerprint density at radius 3 is 2.81 bits per heavy atom. The summed E-state index contributed by atoms with van der Waals surface area (Å²) in [5, 5.41) is 18.9. The Morgan fingerprint density at radius 1 is 1.44 bits per heavy atom. The van der Waals surface area contributed by atoms with Crippen LogP contribution in [0.25, 0.3) is 10.9 Å². The monoisotopic (exact) mass is 219 g/mol. The molecule has 0 atom stereocenters. The Labute approximate surface area is 92.7 Å². The molecule has 84 valence electrons. The van der Waals surface area contributed by atoms with Crippen LogP contribution in [0.15, 0.2) is 24.4 Å². The molecule has 2 N–H and O–H groups in total. The van der Waals surface area contributed by atoms with Gasteiger partial charge in [0, 0.05) is 18.3 Å². The van der Waals surface area contributed by atoms with Gasteiger partial charge in [-0.05, 0) is 36.1 Å². The average Bonchev–Trinajstić information content (AvgIpc) is 2.60. The fourth-order valence-corrected chi connectivity index (χ4v) is 1.88. The summed E-state index contributed by atoms with van der Waals surface area (Å²) in [5.41, 5.74) is 1.91. The Kier molecular flexibility index (Phi) is 2.66. The molecule has 0 spiro atoms. The first-order chi connectivity index (χ1) is 7.63. The maximum atomic E-state index is 11.0. The largest absolute Gasteiger partial charge is 0.478 e. The van der Waals surface area contributed by atoms with Gasteiger partial charge in [0.1, 0.15) is 0 Å². The van der Waals surface area contributed by atoms with Gasteiger partial charge in [-0.25, -0.2) is 4.79 Å². The van der Waals surface area contributed by atoms with Crippen molar-refractivity contribution in [2.24, 2.45) is 0 Å². The number of aromatic nitrogens is 1. The van der Waals surface area contributed by atoms with Crippen LogP contribution in [0.3, 0.4) is 0 Å². The highest BCUT2D eigenvalue weighted by atomic mass is 16.4. The molecule has 0 saturated carbocycles. The van der Waals surface area contributed by atoms with E-state index in [1.807, 2.05) is 22.9 Å². The predicted octanol–water partition coefficient (Wildman–Crippen LogP) is 1.64. The van der Waals surface area contributed by atoms with E-state index in [0.29, 0.717) is 12.1 Å². The summed E-state index contributed by atoms with van der Waals surface area (Å²) in [4.78, 5) is 11.0. The van der Waals surface area contributed by atoms with Gasteiger partial charge >= 0.3 is 5.97 Å². The van der Waals surface area contributed by atoms with Gasteiger partial charge in [0.05, 0.1) is 12.2 Å². The van der Waals surface area contributed by atoms with Crippen molar-refractivity contribution in [2.75, 3.05) is 6.61 Å². The molecule has 4 nitrogen and oxygen atoms in total. The Bertz CT molecular complexity index is 542. The van der Waals surface area contributed by atoms with Crippen LogP contribution in [0.2, 0.25) is 0 Å². The van der Waals surface area contributed by atoms with Crippen LogP contribution in [0.5, 0.6) is 0 Å². The van der Waals surface area contributed by atoms with Crippen LogP contribution < -0.4 is 0 Å². The second-order valence-corrected chi connectivity index (χ2v) is 3.76. The van der Waals surface area contributed by atoms with Gasteiger partial charge in [0.25, 0.3) is 0 Å². The third-order valence-corrected chi connectivity index (χ3v) is 2.69. The Balaban J connectivity index is 2.64. The fourth-order valence-electron chi connectivity index (χ4n) is 1.88. The number of aryl methyl sites for hydroxylation is 1. The molecule has 16 heavy (non-hydrogen) atoms. The third kappa shape index (κ3) is 1.67. The molecule has 4 heteroatoms. The van der Waals surface area contributed by atoms with Gasteiger partial charge in [-0.2, -0.15) is 0 Å². The molecule has 1 aromatic heterocycles. The zero-order chi connectivity index (χ0) is 11.7. The molecule has 0 fully saturated rings. The first kappa shape index (κ1) is 10.7. The van der Waals surface area contributed by atoms with Gasteiger partial charge in [0.15, 0.2) is 0 Å². The van der Waals surface area contributed by atoms with Crippen molar-refractivity contribution < 1.29 is 15.0 Å². The molecular weight excluding hydrogens is 206 g/mol. The van der Waals surface area contributed by atoms with Crippen LogP contribution in [0, 0.1) is 6.92 Å². The second-order valence-electron chi connectivity index (χ2n) is 3.76. The van der Waals surface area contributed by atoms with Gasteiger partial charge in [-0.1, -0.05) is 0 Å². The molecule has 0 saturated heterocycles. The van der Waals surface area contributed by atoms with Crippen LogP contribution in [0.1, 0.15) is 15.9 Å². The van der Waals surface area contributed by atoms with Crippen molar-refractivity contribution >= 4 is 16.9 Å². The minimum atomic E-state index is -0.920. The van der Waals surface area contributed by atoms with Gasteiger partial charge in [0.2, 0.25) is 0 Å². The lowest BCUT2D eigenvalue weighted by atomic mass is 10.1. The summed E-state index contributed by atoms with van der Waals surface area (Å²) in [6.45, 7) is 2.30. The maximum absolute atomic E-state index is 11.0. The molecule has 0 aliphatic carbocycles. The molecule has 0 aliphatic heterocycles. The van der Waals surface area contributed by atoms with Crippen molar-refractivity contribution in [3.8, 4) is 0 Å². The lowest BCUT2D eigenvalue weighted by Gasteiger charge is -2.05. The number of rotatable bonds is 3. The highest BCUT2D eigenvalue weighted by Crippen LogP contribution is 2.21. The summed E-state index contributed by atoms with van der Waals surface area (Å²) in [5.74, 6) is -0.920. The number of carboxylic acid groups (broad SMARTS) is 1. The van der Waals surface area contributed by atoms with Gasteiger partial charge in [-0.15, -0.1) is 0 Å². The molecule has 1 heterocycles. The van der Waals surface area contributed by atoms with Gasteiger partial charge in [-0.3, -0.25) is 0 Å². The number of aliphatic hydroxyl groups excluding tert-OH is 1. The lowest BCUT2D eigenvalue weighted by molar-refractivity contribution is 0.0696. The number of carbonyl (C=O) groups is 1. The summed E-state index contributed by atoms with van der Waals surface area (Å²) >= 11 is 0. The number of aromatic carboxylic acids is 1. The van der Waals surface area contributed by atoms with Crippen LogP contribution in [-0.2, 0) is 6.54 Å². The maximum Gasteiger partial charge on any atom is 0.336 e. The van der Waals surface area contributed by atoms with Crippen molar-refractivity contribution in [1.29, 1.82) is 0 Å². The highest BCUT2D eigenvalue weighted by molar-refractivity contribution is 5.95. The summed E-state index contributed by atoms with van der Waals surface area (Å²) in [6.07, 6.45) is 1.85. The van der Waals surface area contributed by atoms with Crippen molar-refractivity contribution in [2.45, 2.75) is 13.5 Å². The Morgan fingerprint density at radius 2 is 2.19 bits per heavy atom. The molecule has 1 aromatic carbocycles. The van der Waals surface area contributed by atoms with E-state index in [1.54, 1.807) is 13.0 Å². The topological polar surface area (TPSA) is 62.5 Å². The molecule has 0 bridgehead atoms. The van der Waals surface area contributed by atoms with Crippen LogP contribution in [0.4, 0.5) is 0 Å². The fraction of sp³-hybridized carbons (Fsp3) is 0.250. The smallest absolute Gasteiger partial charge is 0.336 e. The second kappa shape index (κ2) is 3.98. The zero-order valence-corrected chi connectivity index (χ0v) is 8.97. The molecule has 0 amide bonds. The summed E-state index contributed by atoms with van der Waals surface area (Å²) in [7, 11) is 0. The minimum absolute atomic E-state index is 0.0417. The number of hydrogen-bond acceptors (Lipinski definition) is 2. The molecule has 2 aromatic rings. The number of carboxylic acids is 1. The standard InChI is InChI=1S/C12H13NO3/c1-8-6-9-2-3-13(4-5-14)11(9)7-10(8)12(15)16/h2-3,6-7,14H,4-5H2,1H3,(H,15,16). The van der Waals surface area contributed by atoms with Crippen LogP contribution >= 0.6 is 0 Å². The molecule has 2 rings (SSSR count). The first-order valence-corrected chi connectivity index (χ1v) is 5.07. The minimum Gasteiger partial charge on any atom is -0.478 e. The number of hydrogen-bond donors (Lipinski definition) is 2.